The molecule has 0 bridgehead atoms. The molecule has 0 atom stereocenters. The fourth-order valence-corrected chi connectivity index (χ4v) is 3.26. The van der Waals surface area contributed by atoms with E-state index in [2.05, 4.69) is 48.7 Å². The van der Waals surface area contributed by atoms with Crippen LogP contribution in [0, 0.1) is 6.92 Å². The molecular formula is C17H17NOS. The topological polar surface area (TPSA) is 35.2 Å². The van der Waals surface area contributed by atoms with Gasteiger partial charge < -0.3 is 10.5 Å². The Morgan fingerprint density at radius 2 is 1.95 bits per heavy atom. The minimum atomic E-state index is 0.501. The second-order valence-corrected chi connectivity index (χ2v) is 5.77. The molecule has 2 N–H and O–H groups in total. The Labute approximate surface area is 122 Å². The average Bonchev–Trinajstić information content (AvgIpc) is 2.89. The molecule has 0 aliphatic rings. The molecule has 0 fully saturated rings. The van der Waals surface area contributed by atoms with Crippen LogP contribution in [0.3, 0.4) is 0 Å². The third-order valence-corrected chi connectivity index (χ3v) is 4.39. The van der Waals surface area contributed by atoms with E-state index in [4.69, 9.17) is 10.5 Å². The molecule has 0 radical (unpaired) electrons. The summed E-state index contributed by atoms with van der Waals surface area (Å²) in [6.07, 6.45) is 0. The summed E-state index contributed by atoms with van der Waals surface area (Å²) in [5.74, 6) is 0.883. The van der Waals surface area contributed by atoms with Crippen LogP contribution in [0.4, 0.5) is 0 Å². The Bertz CT molecular complexity index is 733. The van der Waals surface area contributed by atoms with E-state index < -0.39 is 0 Å². The highest BCUT2D eigenvalue weighted by Gasteiger charge is 2.06. The highest BCUT2D eigenvalue weighted by molar-refractivity contribution is 7.17. The lowest BCUT2D eigenvalue weighted by Gasteiger charge is -2.11. The molecule has 0 saturated carbocycles. The number of thiophene rings is 1. The number of nitrogens with two attached hydrogens (primary N) is 1. The minimum Gasteiger partial charge on any atom is -0.489 e. The van der Waals surface area contributed by atoms with E-state index in [1.807, 2.05) is 6.07 Å². The molecule has 102 valence electrons. The fourth-order valence-electron chi connectivity index (χ4n) is 2.31. The van der Waals surface area contributed by atoms with Gasteiger partial charge in [-0.1, -0.05) is 35.9 Å². The average molecular weight is 283 g/mol. The molecule has 0 saturated heterocycles. The first kappa shape index (κ1) is 13.2. The summed E-state index contributed by atoms with van der Waals surface area (Å²) in [5.41, 5.74) is 9.28. The highest BCUT2D eigenvalue weighted by atomic mass is 32.1. The first-order valence-electron chi connectivity index (χ1n) is 6.65. The van der Waals surface area contributed by atoms with E-state index in [0.717, 1.165) is 11.3 Å². The summed E-state index contributed by atoms with van der Waals surface area (Å²) in [6, 6.07) is 14.6. The standard InChI is InChI=1S/C17H17NOS/c1-12-6-7-16(13(8-12)9-18)19-10-14-11-20-17-5-3-2-4-15(14)17/h2-8,11H,9-10,18H2,1H3. The predicted molar refractivity (Wildman–Crippen MR) is 85.2 cm³/mol. The van der Waals surface area contributed by atoms with E-state index in [1.165, 1.54) is 21.2 Å². The largest absolute Gasteiger partial charge is 0.489 e. The van der Waals surface area contributed by atoms with Gasteiger partial charge in [-0.25, -0.2) is 0 Å². The zero-order valence-electron chi connectivity index (χ0n) is 11.4. The molecule has 0 amide bonds. The summed E-state index contributed by atoms with van der Waals surface area (Å²) in [7, 11) is 0. The smallest absolute Gasteiger partial charge is 0.124 e. The molecular weight excluding hydrogens is 266 g/mol. The maximum atomic E-state index is 5.96. The molecule has 3 rings (SSSR count). The van der Waals surface area contributed by atoms with Crippen molar-refractivity contribution in [3.05, 3.63) is 64.5 Å². The van der Waals surface area contributed by atoms with Crippen LogP contribution in [0.2, 0.25) is 0 Å². The highest BCUT2D eigenvalue weighted by Crippen LogP contribution is 2.27. The molecule has 2 nitrogen and oxygen atoms in total. The summed E-state index contributed by atoms with van der Waals surface area (Å²) in [5, 5.41) is 3.44. The number of aryl methyl sites for hydroxylation is 1. The number of benzene rings is 2. The molecule has 0 unspecified atom stereocenters. The lowest BCUT2D eigenvalue weighted by molar-refractivity contribution is 0.305. The Morgan fingerprint density at radius 3 is 2.80 bits per heavy atom. The zero-order chi connectivity index (χ0) is 13.9. The van der Waals surface area contributed by atoms with Gasteiger partial charge in [0, 0.05) is 22.4 Å². The van der Waals surface area contributed by atoms with Crippen LogP contribution in [0.15, 0.2) is 47.8 Å². The Balaban J connectivity index is 1.83. The maximum Gasteiger partial charge on any atom is 0.124 e. The molecule has 20 heavy (non-hydrogen) atoms. The lowest BCUT2D eigenvalue weighted by Crippen LogP contribution is -2.02. The molecule has 1 heterocycles. The van der Waals surface area contributed by atoms with E-state index in [9.17, 15) is 0 Å². The van der Waals surface area contributed by atoms with Gasteiger partial charge in [0.05, 0.1) is 0 Å². The third-order valence-electron chi connectivity index (χ3n) is 3.38. The number of rotatable bonds is 4. The van der Waals surface area contributed by atoms with Crippen molar-refractivity contribution < 1.29 is 4.74 Å². The molecule has 3 heteroatoms. The van der Waals surface area contributed by atoms with Crippen LogP contribution < -0.4 is 10.5 Å². The summed E-state index contributed by atoms with van der Waals surface area (Å²) >= 11 is 1.76. The van der Waals surface area contributed by atoms with Gasteiger partial charge in [-0.2, -0.15) is 0 Å². The number of fused-ring (bicyclic) bond motifs is 1. The molecule has 1 aromatic heterocycles. The molecule has 0 aliphatic carbocycles. The monoisotopic (exact) mass is 283 g/mol. The van der Waals surface area contributed by atoms with Crippen molar-refractivity contribution in [3.63, 3.8) is 0 Å². The molecule has 0 aliphatic heterocycles. The van der Waals surface area contributed by atoms with Crippen molar-refractivity contribution >= 4 is 21.4 Å². The van der Waals surface area contributed by atoms with E-state index in [1.54, 1.807) is 11.3 Å². The van der Waals surface area contributed by atoms with Crippen LogP contribution in [-0.4, -0.2) is 0 Å². The Kier molecular flexibility index (Phi) is 3.72. The zero-order valence-corrected chi connectivity index (χ0v) is 12.2. The van der Waals surface area contributed by atoms with Gasteiger partial charge in [-0.05, 0) is 29.8 Å². The lowest BCUT2D eigenvalue weighted by atomic mass is 10.1. The van der Waals surface area contributed by atoms with Crippen molar-refractivity contribution in [3.8, 4) is 5.75 Å². The number of ether oxygens (including phenoxy) is 1. The van der Waals surface area contributed by atoms with E-state index in [0.29, 0.717) is 13.2 Å². The second kappa shape index (κ2) is 5.65. The van der Waals surface area contributed by atoms with Gasteiger partial charge in [0.2, 0.25) is 0 Å². The van der Waals surface area contributed by atoms with E-state index in [-0.39, 0.29) is 0 Å². The summed E-state index contributed by atoms with van der Waals surface area (Å²) in [4.78, 5) is 0. The van der Waals surface area contributed by atoms with Crippen LogP contribution in [0.1, 0.15) is 16.7 Å². The number of hydrogen-bond donors (Lipinski definition) is 1. The Morgan fingerprint density at radius 1 is 1.10 bits per heavy atom. The van der Waals surface area contributed by atoms with E-state index >= 15 is 0 Å². The Hall–Kier alpha value is -1.84. The SMILES string of the molecule is Cc1ccc(OCc2csc3ccccc23)c(CN)c1. The van der Waals surface area contributed by atoms with Gasteiger partial charge in [0.15, 0.2) is 0 Å². The summed E-state index contributed by atoms with van der Waals surface area (Å²) in [6.45, 7) is 3.15. The van der Waals surface area contributed by atoms with Crippen molar-refractivity contribution in [2.75, 3.05) is 0 Å². The first-order chi connectivity index (χ1) is 9.78. The second-order valence-electron chi connectivity index (χ2n) is 4.86. The predicted octanol–water partition coefficient (Wildman–Crippen LogP) is 4.25. The molecule has 3 aromatic rings. The van der Waals surface area contributed by atoms with Gasteiger partial charge in [0.25, 0.3) is 0 Å². The first-order valence-corrected chi connectivity index (χ1v) is 7.53. The van der Waals surface area contributed by atoms with Crippen molar-refractivity contribution in [1.29, 1.82) is 0 Å². The van der Waals surface area contributed by atoms with Gasteiger partial charge in [0.1, 0.15) is 12.4 Å². The van der Waals surface area contributed by atoms with Gasteiger partial charge >= 0.3 is 0 Å². The normalized spacial score (nSPS) is 10.9. The quantitative estimate of drug-likeness (QED) is 0.777. The van der Waals surface area contributed by atoms with Crippen LogP contribution in [0.25, 0.3) is 10.1 Å². The van der Waals surface area contributed by atoms with Crippen molar-refractivity contribution in [1.82, 2.24) is 0 Å². The maximum absolute atomic E-state index is 5.96. The van der Waals surface area contributed by atoms with Gasteiger partial charge in [-0.3, -0.25) is 0 Å². The summed E-state index contributed by atoms with van der Waals surface area (Å²) < 4.78 is 7.26. The fraction of sp³-hybridized carbons (Fsp3) is 0.176. The number of hydrogen-bond acceptors (Lipinski definition) is 3. The molecule has 0 spiro atoms. The van der Waals surface area contributed by atoms with Crippen LogP contribution in [0.5, 0.6) is 5.75 Å². The minimum absolute atomic E-state index is 0.501. The van der Waals surface area contributed by atoms with Crippen LogP contribution in [-0.2, 0) is 13.2 Å². The van der Waals surface area contributed by atoms with Crippen molar-refractivity contribution in [2.24, 2.45) is 5.73 Å². The third kappa shape index (κ3) is 2.55. The van der Waals surface area contributed by atoms with Gasteiger partial charge in [-0.15, -0.1) is 11.3 Å². The molecule has 2 aromatic carbocycles. The van der Waals surface area contributed by atoms with Crippen LogP contribution >= 0.6 is 11.3 Å². The van der Waals surface area contributed by atoms with Crippen molar-refractivity contribution in [2.45, 2.75) is 20.1 Å².